The lowest BCUT2D eigenvalue weighted by molar-refractivity contribution is 0.635. The van der Waals surface area contributed by atoms with E-state index in [4.69, 9.17) is 0 Å². The molecule has 2 rings (SSSR count). The number of aromatic nitrogens is 1. The van der Waals surface area contributed by atoms with Crippen molar-refractivity contribution in [2.24, 2.45) is 5.92 Å². The summed E-state index contributed by atoms with van der Waals surface area (Å²) in [7, 11) is 0. The highest BCUT2D eigenvalue weighted by molar-refractivity contribution is 5.22. The normalized spacial score (nSPS) is 16.5. The molecule has 1 heterocycles. The largest absolute Gasteiger partial charge is 0.261 e. The molecule has 13 heavy (non-hydrogen) atoms. The van der Waals surface area contributed by atoms with E-state index in [2.05, 4.69) is 37.2 Å². The van der Waals surface area contributed by atoms with Crippen LogP contribution >= 0.6 is 0 Å². The van der Waals surface area contributed by atoms with Crippen molar-refractivity contribution in [2.45, 2.75) is 39.0 Å². The number of nitrogens with zero attached hydrogens (tertiary/aromatic N) is 1. The summed E-state index contributed by atoms with van der Waals surface area (Å²) in [6, 6.07) is 4.44. The Bertz CT molecular complexity index is 270. The van der Waals surface area contributed by atoms with Gasteiger partial charge in [0.2, 0.25) is 0 Å². The maximum absolute atomic E-state index is 4.48. The number of pyridine rings is 1. The zero-order valence-corrected chi connectivity index (χ0v) is 8.46. The molecule has 1 fully saturated rings. The Morgan fingerprint density at radius 2 is 2.15 bits per heavy atom. The van der Waals surface area contributed by atoms with Gasteiger partial charge in [0.05, 0.1) is 0 Å². The van der Waals surface area contributed by atoms with Crippen molar-refractivity contribution in [3.05, 3.63) is 29.6 Å². The van der Waals surface area contributed by atoms with Gasteiger partial charge in [-0.25, -0.2) is 0 Å². The molecule has 0 aliphatic heterocycles. The van der Waals surface area contributed by atoms with Crippen molar-refractivity contribution in [1.29, 1.82) is 0 Å². The second kappa shape index (κ2) is 3.49. The van der Waals surface area contributed by atoms with E-state index in [1.165, 1.54) is 24.1 Å². The van der Waals surface area contributed by atoms with Gasteiger partial charge in [-0.3, -0.25) is 4.98 Å². The second-order valence-corrected chi connectivity index (χ2v) is 4.46. The van der Waals surface area contributed by atoms with Gasteiger partial charge in [-0.15, -0.1) is 0 Å². The molecule has 1 aliphatic carbocycles. The van der Waals surface area contributed by atoms with E-state index in [0.29, 0.717) is 5.92 Å². The fourth-order valence-electron chi connectivity index (χ4n) is 1.63. The summed E-state index contributed by atoms with van der Waals surface area (Å²) in [6.45, 7) is 4.47. The van der Waals surface area contributed by atoms with Gasteiger partial charge in [0.25, 0.3) is 0 Å². The van der Waals surface area contributed by atoms with Crippen LogP contribution < -0.4 is 0 Å². The third-order valence-electron chi connectivity index (χ3n) is 2.51. The van der Waals surface area contributed by atoms with Crippen LogP contribution in [-0.4, -0.2) is 4.98 Å². The van der Waals surface area contributed by atoms with Crippen LogP contribution in [0.4, 0.5) is 0 Å². The summed E-state index contributed by atoms with van der Waals surface area (Å²) in [4.78, 5) is 4.48. The summed E-state index contributed by atoms with van der Waals surface area (Å²) in [5.74, 6) is 1.54. The first kappa shape index (κ1) is 8.74. The van der Waals surface area contributed by atoms with Crippen molar-refractivity contribution in [3.8, 4) is 0 Å². The third kappa shape index (κ3) is 2.30. The molecule has 0 atom stereocenters. The fraction of sp³-hybridized carbons (Fsp3) is 0.583. The van der Waals surface area contributed by atoms with E-state index >= 15 is 0 Å². The molecule has 0 saturated heterocycles. The molecule has 0 radical (unpaired) electrons. The van der Waals surface area contributed by atoms with Gasteiger partial charge in [0, 0.05) is 11.9 Å². The minimum absolute atomic E-state index is 0.708. The van der Waals surface area contributed by atoms with Crippen LogP contribution in [0.1, 0.15) is 43.9 Å². The van der Waals surface area contributed by atoms with Gasteiger partial charge in [-0.1, -0.05) is 19.9 Å². The van der Waals surface area contributed by atoms with E-state index in [-0.39, 0.29) is 0 Å². The van der Waals surface area contributed by atoms with Gasteiger partial charge in [0.1, 0.15) is 0 Å². The highest BCUT2D eigenvalue weighted by Crippen LogP contribution is 2.39. The Morgan fingerprint density at radius 3 is 2.62 bits per heavy atom. The lowest BCUT2D eigenvalue weighted by atomic mass is 10.1. The van der Waals surface area contributed by atoms with Crippen LogP contribution in [0.2, 0.25) is 0 Å². The molecule has 1 heteroatoms. The Kier molecular flexibility index (Phi) is 2.34. The van der Waals surface area contributed by atoms with Crippen molar-refractivity contribution in [3.63, 3.8) is 0 Å². The van der Waals surface area contributed by atoms with Crippen molar-refractivity contribution in [2.75, 3.05) is 0 Å². The first-order valence-electron chi connectivity index (χ1n) is 5.20. The average Bonchev–Trinajstić information content (AvgIpc) is 2.87. The highest BCUT2D eigenvalue weighted by Gasteiger charge is 2.23. The minimum Gasteiger partial charge on any atom is -0.261 e. The zero-order chi connectivity index (χ0) is 9.26. The summed E-state index contributed by atoms with van der Waals surface area (Å²) in [6.07, 6.45) is 5.90. The molecule has 0 N–H and O–H groups in total. The maximum Gasteiger partial charge on any atom is 0.0406 e. The average molecular weight is 175 g/mol. The van der Waals surface area contributed by atoms with Gasteiger partial charge >= 0.3 is 0 Å². The quantitative estimate of drug-likeness (QED) is 0.687. The molecular formula is C12H17N. The molecule has 0 aromatic carbocycles. The predicted molar refractivity (Wildman–Crippen MR) is 54.8 cm³/mol. The molecule has 1 nitrogen and oxygen atoms in total. The van der Waals surface area contributed by atoms with Crippen LogP contribution in [0.5, 0.6) is 0 Å². The maximum atomic E-state index is 4.48. The summed E-state index contributed by atoms with van der Waals surface area (Å²) in [5.41, 5.74) is 2.67. The van der Waals surface area contributed by atoms with Gasteiger partial charge < -0.3 is 0 Å². The Morgan fingerprint density at radius 1 is 1.38 bits per heavy atom. The number of hydrogen-bond donors (Lipinski definition) is 0. The van der Waals surface area contributed by atoms with Gasteiger partial charge in [0.15, 0.2) is 0 Å². The molecule has 0 unspecified atom stereocenters. The Balaban J connectivity index is 2.04. The molecular weight excluding hydrogens is 158 g/mol. The standard InChI is InChI=1S/C12H17N/c1-9(2)7-12-6-5-11(8-13-12)10-3-4-10/h5-6,8-10H,3-4,7H2,1-2H3. The number of hydrogen-bond acceptors (Lipinski definition) is 1. The molecule has 1 saturated carbocycles. The van der Waals surface area contributed by atoms with Gasteiger partial charge in [-0.2, -0.15) is 0 Å². The highest BCUT2D eigenvalue weighted by atomic mass is 14.7. The predicted octanol–water partition coefficient (Wildman–Crippen LogP) is 3.16. The molecule has 1 aromatic heterocycles. The van der Waals surface area contributed by atoms with Crippen LogP contribution in [0.15, 0.2) is 18.3 Å². The summed E-state index contributed by atoms with van der Waals surface area (Å²) >= 11 is 0. The minimum atomic E-state index is 0.708. The monoisotopic (exact) mass is 175 g/mol. The lowest BCUT2D eigenvalue weighted by Crippen LogP contribution is -1.97. The van der Waals surface area contributed by atoms with E-state index in [1.54, 1.807) is 0 Å². The Hall–Kier alpha value is -0.850. The second-order valence-electron chi connectivity index (χ2n) is 4.46. The molecule has 1 aliphatic rings. The topological polar surface area (TPSA) is 12.9 Å². The van der Waals surface area contributed by atoms with Crippen molar-refractivity contribution in [1.82, 2.24) is 4.98 Å². The zero-order valence-electron chi connectivity index (χ0n) is 8.46. The van der Waals surface area contributed by atoms with E-state index in [1.807, 2.05) is 0 Å². The number of rotatable bonds is 3. The molecule has 0 spiro atoms. The van der Waals surface area contributed by atoms with Crippen molar-refractivity contribution >= 4 is 0 Å². The molecule has 0 amide bonds. The SMILES string of the molecule is CC(C)Cc1ccc(C2CC2)cn1. The molecule has 0 bridgehead atoms. The fourth-order valence-corrected chi connectivity index (χ4v) is 1.63. The van der Waals surface area contributed by atoms with E-state index < -0.39 is 0 Å². The Labute approximate surface area is 80.2 Å². The summed E-state index contributed by atoms with van der Waals surface area (Å²) in [5, 5.41) is 0. The lowest BCUT2D eigenvalue weighted by Gasteiger charge is -2.04. The third-order valence-corrected chi connectivity index (χ3v) is 2.51. The van der Waals surface area contributed by atoms with Crippen LogP contribution in [0, 0.1) is 5.92 Å². The van der Waals surface area contributed by atoms with E-state index in [0.717, 1.165) is 12.3 Å². The van der Waals surface area contributed by atoms with E-state index in [9.17, 15) is 0 Å². The van der Waals surface area contributed by atoms with Crippen LogP contribution in [-0.2, 0) is 6.42 Å². The van der Waals surface area contributed by atoms with Gasteiger partial charge in [-0.05, 0) is 42.7 Å². The molecule has 70 valence electrons. The molecule has 1 aromatic rings. The smallest absolute Gasteiger partial charge is 0.0406 e. The van der Waals surface area contributed by atoms with Crippen molar-refractivity contribution < 1.29 is 0 Å². The summed E-state index contributed by atoms with van der Waals surface area (Å²) < 4.78 is 0. The first-order chi connectivity index (χ1) is 6.25. The van der Waals surface area contributed by atoms with Crippen LogP contribution in [0.3, 0.4) is 0 Å². The van der Waals surface area contributed by atoms with Crippen LogP contribution in [0.25, 0.3) is 0 Å². The first-order valence-corrected chi connectivity index (χ1v) is 5.20.